The number of carbonyl (C=O) groups excluding carboxylic acids is 1. The maximum Gasteiger partial charge on any atom is 0.257 e. The van der Waals surface area contributed by atoms with E-state index in [0.717, 1.165) is 5.69 Å². The predicted octanol–water partition coefficient (Wildman–Crippen LogP) is 5.07. The number of nitriles is 1. The summed E-state index contributed by atoms with van der Waals surface area (Å²) in [5, 5.41) is 15.1. The smallest absolute Gasteiger partial charge is 0.257 e. The van der Waals surface area contributed by atoms with Gasteiger partial charge in [0, 0.05) is 11.9 Å². The quantitative estimate of drug-likeness (QED) is 0.669. The van der Waals surface area contributed by atoms with Crippen molar-refractivity contribution < 1.29 is 4.79 Å². The third-order valence-electron chi connectivity index (χ3n) is 4.17. The maximum absolute atomic E-state index is 12.4. The van der Waals surface area contributed by atoms with Crippen LogP contribution in [0.3, 0.4) is 0 Å². The molecule has 0 spiro atoms. The van der Waals surface area contributed by atoms with E-state index in [0.29, 0.717) is 28.6 Å². The zero-order valence-corrected chi connectivity index (χ0v) is 15.2. The van der Waals surface area contributed by atoms with Gasteiger partial charge in [-0.15, -0.1) is 0 Å². The van der Waals surface area contributed by atoms with Gasteiger partial charge in [-0.2, -0.15) is 5.26 Å². The van der Waals surface area contributed by atoms with Crippen molar-refractivity contribution in [2.24, 2.45) is 0 Å². The highest BCUT2D eigenvalue weighted by molar-refractivity contribution is 6.04. The van der Waals surface area contributed by atoms with Gasteiger partial charge in [0.2, 0.25) is 0 Å². The average molecular weight is 356 g/mol. The minimum atomic E-state index is -0.307. The number of aromatic nitrogens is 1. The van der Waals surface area contributed by atoms with Gasteiger partial charge in [0.15, 0.2) is 0 Å². The first-order valence-electron chi connectivity index (χ1n) is 8.70. The van der Waals surface area contributed by atoms with Gasteiger partial charge in [-0.25, -0.2) is 4.98 Å². The summed E-state index contributed by atoms with van der Waals surface area (Å²) >= 11 is 0. The van der Waals surface area contributed by atoms with E-state index in [9.17, 15) is 4.79 Å². The van der Waals surface area contributed by atoms with Gasteiger partial charge >= 0.3 is 0 Å². The van der Waals surface area contributed by atoms with Crippen molar-refractivity contribution >= 4 is 23.1 Å². The number of hydrogen-bond donors (Lipinski definition) is 2. The molecule has 0 atom stereocenters. The first kappa shape index (κ1) is 18.2. The van der Waals surface area contributed by atoms with Crippen LogP contribution in [0.15, 0.2) is 66.9 Å². The van der Waals surface area contributed by atoms with Crippen molar-refractivity contribution in [2.75, 3.05) is 10.6 Å². The number of carbonyl (C=O) groups is 1. The largest absolute Gasteiger partial charge is 0.340 e. The molecule has 5 heteroatoms. The van der Waals surface area contributed by atoms with Crippen LogP contribution in [0, 0.1) is 11.3 Å². The van der Waals surface area contributed by atoms with E-state index >= 15 is 0 Å². The number of amides is 1. The minimum absolute atomic E-state index is 0.307. The maximum atomic E-state index is 12.4. The van der Waals surface area contributed by atoms with E-state index in [1.807, 2.05) is 12.1 Å². The van der Waals surface area contributed by atoms with E-state index in [1.165, 1.54) is 11.8 Å². The minimum Gasteiger partial charge on any atom is -0.340 e. The van der Waals surface area contributed by atoms with Crippen LogP contribution in [-0.2, 0) is 0 Å². The third-order valence-corrected chi connectivity index (χ3v) is 4.17. The molecule has 1 amide bonds. The van der Waals surface area contributed by atoms with Gasteiger partial charge in [0.1, 0.15) is 11.9 Å². The first-order chi connectivity index (χ1) is 13.1. The van der Waals surface area contributed by atoms with Gasteiger partial charge < -0.3 is 10.6 Å². The van der Waals surface area contributed by atoms with Crippen LogP contribution in [0.5, 0.6) is 0 Å². The Morgan fingerprint density at radius 3 is 2.41 bits per heavy atom. The van der Waals surface area contributed by atoms with Crippen LogP contribution in [0.25, 0.3) is 0 Å². The van der Waals surface area contributed by atoms with Gasteiger partial charge in [0.05, 0.1) is 16.8 Å². The molecule has 3 rings (SSSR count). The number of hydrogen-bond acceptors (Lipinski definition) is 4. The van der Waals surface area contributed by atoms with Gasteiger partial charge in [-0.3, -0.25) is 4.79 Å². The van der Waals surface area contributed by atoms with Crippen molar-refractivity contribution in [3.8, 4) is 6.07 Å². The average Bonchev–Trinajstić information content (AvgIpc) is 2.69. The van der Waals surface area contributed by atoms with Gasteiger partial charge in [-0.1, -0.05) is 38.1 Å². The molecule has 0 saturated heterocycles. The summed E-state index contributed by atoms with van der Waals surface area (Å²) in [7, 11) is 0. The molecule has 5 nitrogen and oxygen atoms in total. The van der Waals surface area contributed by atoms with E-state index in [-0.39, 0.29) is 5.91 Å². The monoisotopic (exact) mass is 356 g/mol. The number of pyridine rings is 1. The van der Waals surface area contributed by atoms with E-state index in [2.05, 4.69) is 47.7 Å². The Kier molecular flexibility index (Phi) is 5.48. The number of anilines is 3. The van der Waals surface area contributed by atoms with Crippen molar-refractivity contribution in [3.05, 3.63) is 83.6 Å². The fraction of sp³-hybridized carbons (Fsp3) is 0.136. The summed E-state index contributed by atoms with van der Waals surface area (Å²) in [4.78, 5) is 16.7. The Bertz CT molecular complexity index is 970. The van der Waals surface area contributed by atoms with Crippen molar-refractivity contribution in [1.29, 1.82) is 5.26 Å². The molecule has 1 heterocycles. The molecule has 134 valence electrons. The van der Waals surface area contributed by atoms with Crippen molar-refractivity contribution in [1.82, 2.24) is 4.98 Å². The Hall–Kier alpha value is -3.65. The Labute approximate surface area is 158 Å². The first-order valence-corrected chi connectivity index (χ1v) is 8.70. The van der Waals surface area contributed by atoms with Crippen LogP contribution < -0.4 is 10.6 Å². The number of benzene rings is 2. The molecule has 3 aromatic rings. The topological polar surface area (TPSA) is 77.8 Å². The molecule has 2 N–H and O–H groups in total. The number of para-hydroxylation sites is 1. The second-order valence-electron chi connectivity index (χ2n) is 6.45. The zero-order valence-electron chi connectivity index (χ0n) is 15.2. The van der Waals surface area contributed by atoms with Crippen molar-refractivity contribution in [3.63, 3.8) is 0 Å². The Morgan fingerprint density at radius 1 is 1.04 bits per heavy atom. The SMILES string of the molecule is CC(C)c1ccc(Nc2ccc(C(=O)Nc3ccccc3C#N)cn2)cc1. The molecule has 0 aliphatic carbocycles. The molecule has 0 unspecified atom stereocenters. The van der Waals surface area contributed by atoms with Crippen LogP contribution in [0.2, 0.25) is 0 Å². The zero-order chi connectivity index (χ0) is 19.2. The summed E-state index contributed by atoms with van der Waals surface area (Å²) in [6, 6.07) is 20.6. The lowest BCUT2D eigenvalue weighted by Crippen LogP contribution is -2.13. The predicted molar refractivity (Wildman–Crippen MR) is 107 cm³/mol. The van der Waals surface area contributed by atoms with Gasteiger partial charge in [0.25, 0.3) is 5.91 Å². The van der Waals surface area contributed by atoms with E-state index in [1.54, 1.807) is 36.4 Å². The standard InChI is InChI=1S/C22H20N4O/c1-15(2)16-7-10-19(11-8-16)25-21-12-9-18(14-24-21)22(27)26-20-6-4-3-5-17(20)13-23/h3-12,14-15H,1-2H3,(H,24,25)(H,26,27). The van der Waals surface area contributed by atoms with E-state index in [4.69, 9.17) is 5.26 Å². The van der Waals surface area contributed by atoms with Crippen molar-refractivity contribution in [2.45, 2.75) is 19.8 Å². The highest BCUT2D eigenvalue weighted by Gasteiger charge is 2.09. The molecule has 2 aromatic carbocycles. The highest BCUT2D eigenvalue weighted by Crippen LogP contribution is 2.20. The lowest BCUT2D eigenvalue weighted by molar-refractivity contribution is 0.102. The van der Waals surface area contributed by atoms with Crippen LogP contribution in [0.4, 0.5) is 17.2 Å². The lowest BCUT2D eigenvalue weighted by Gasteiger charge is -2.10. The van der Waals surface area contributed by atoms with Crippen LogP contribution in [-0.4, -0.2) is 10.9 Å². The lowest BCUT2D eigenvalue weighted by atomic mass is 10.0. The molecule has 0 radical (unpaired) electrons. The summed E-state index contributed by atoms with van der Waals surface area (Å²) < 4.78 is 0. The normalized spacial score (nSPS) is 10.3. The molecular formula is C22H20N4O. The summed E-state index contributed by atoms with van der Waals surface area (Å²) in [6.45, 7) is 4.31. The number of rotatable bonds is 5. The molecule has 0 aliphatic heterocycles. The van der Waals surface area contributed by atoms with E-state index < -0.39 is 0 Å². The number of nitrogens with one attached hydrogen (secondary N) is 2. The molecule has 0 aliphatic rings. The van der Waals surface area contributed by atoms with Crippen LogP contribution in [0.1, 0.15) is 41.3 Å². The third kappa shape index (κ3) is 4.50. The molecular weight excluding hydrogens is 336 g/mol. The van der Waals surface area contributed by atoms with Gasteiger partial charge in [-0.05, 0) is 47.9 Å². The fourth-order valence-corrected chi connectivity index (χ4v) is 2.59. The molecule has 0 fully saturated rings. The summed E-state index contributed by atoms with van der Waals surface area (Å²) in [5.41, 5.74) is 3.54. The molecule has 0 saturated carbocycles. The fourth-order valence-electron chi connectivity index (χ4n) is 2.59. The highest BCUT2D eigenvalue weighted by atomic mass is 16.1. The second kappa shape index (κ2) is 8.15. The van der Waals surface area contributed by atoms with Crippen LogP contribution >= 0.6 is 0 Å². The molecule has 0 bridgehead atoms. The molecule has 27 heavy (non-hydrogen) atoms. The molecule has 1 aromatic heterocycles. The Balaban J connectivity index is 1.67. The summed E-state index contributed by atoms with van der Waals surface area (Å²) in [5.74, 6) is 0.834. The second-order valence-corrected chi connectivity index (χ2v) is 6.45. The summed E-state index contributed by atoms with van der Waals surface area (Å²) in [6.07, 6.45) is 1.51. The number of nitrogens with zero attached hydrogens (tertiary/aromatic N) is 2. The Morgan fingerprint density at radius 2 is 1.78 bits per heavy atom.